The first kappa shape index (κ1) is 42.2. The molecule has 0 rings (SSSR count). The van der Waals surface area contributed by atoms with E-state index in [9.17, 15) is 33.6 Å². The van der Waals surface area contributed by atoms with Gasteiger partial charge in [-0.1, -0.05) is 12.2 Å². The molecular formula is C20H29O8Zn2-. The van der Waals surface area contributed by atoms with E-state index >= 15 is 0 Å². The van der Waals surface area contributed by atoms with Gasteiger partial charge in [-0.15, -0.1) is 0 Å². The third kappa shape index (κ3) is 82.7. The fraction of sp³-hybridized carbons (Fsp3) is 0.400. The molecule has 0 aromatic rings. The molecule has 0 heterocycles. The predicted octanol–water partition coefficient (Wildman–Crippen LogP) is 2.14. The molecule has 10 heteroatoms. The summed E-state index contributed by atoms with van der Waals surface area (Å²) in [5.74, 6) is -1.94. The molecule has 1 N–H and O–H groups in total. The van der Waals surface area contributed by atoms with Gasteiger partial charge in [0.15, 0.2) is 0 Å². The summed E-state index contributed by atoms with van der Waals surface area (Å²) in [4.78, 5) is 69.6. The number of rotatable bonds is 8. The molecule has 0 unspecified atom stereocenters. The van der Waals surface area contributed by atoms with Crippen molar-refractivity contribution in [1.29, 1.82) is 0 Å². The average Bonchev–Trinajstić information content (AvgIpc) is 2.32. The minimum atomic E-state index is -0.812. The Kier molecular flexibility index (Phi) is 38.1. The number of Topliss-reactive ketones (excluding diaryl/α,β-unsaturated/α-hetero) is 6. The van der Waals surface area contributed by atoms with E-state index in [1.54, 1.807) is 6.92 Å². The maximum absolute atomic E-state index is 9.98. The fourth-order valence-corrected chi connectivity index (χ4v) is 1.12. The van der Waals surface area contributed by atoms with E-state index in [1.807, 2.05) is 0 Å². The van der Waals surface area contributed by atoms with Gasteiger partial charge in [-0.25, -0.2) is 0 Å². The van der Waals surface area contributed by atoms with E-state index in [2.05, 4.69) is 6.58 Å². The van der Waals surface area contributed by atoms with E-state index in [-0.39, 0.29) is 80.1 Å². The molecule has 0 aromatic heterocycles. The third-order valence-electron chi connectivity index (χ3n) is 1.67. The summed E-state index contributed by atoms with van der Waals surface area (Å²) in [6, 6.07) is 0. The van der Waals surface area contributed by atoms with Crippen LogP contribution >= 0.6 is 0 Å². The topological polar surface area (TPSA) is 140 Å². The summed E-state index contributed by atoms with van der Waals surface area (Å²) in [6.07, 6.45) is 3.25. The first-order valence-electron chi connectivity index (χ1n) is 7.95. The van der Waals surface area contributed by atoms with E-state index in [0.29, 0.717) is 5.57 Å². The predicted molar refractivity (Wildman–Crippen MR) is 104 cm³/mol. The summed E-state index contributed by atoms with van der Waals surface area (Å²) in [6.45, 7) is 13.2. The van der Waals surface area contributed by atoms with Crippen molar-refractivity contribution in [2.45, 2.75) is 54.9 Å². The van der Waals surface area contributed by atoms with Gasteiger partial charge in [0.2, 0.25) is 0 Å². The van der Waals surface area contributed by atoms with Crippen LogP contribution in [0.2, 0.25) is 0 Å². The molecule has 0 saturated carbocycles. The molecule has 30 heavy (non-hydrogen) atoms. The third-order valence-corrected chi connectivity index (χ3v) is 1.67. The number of hydrogen-bond acceptors (Lipinski definition) is 7. The van der Waals surface area contributed by atoms with Crippen molar-refractivity contribution in [3.63, 3.8) is 0 Å². The molecule has 0 saturated heterocycles. The Hall–Kier alpha value is -1.91. The van der Waals surface area contributed by atoms with Gasteiger partial charge in [0.25, 0.3) is 0 Å². The van der Waals surface area contributed by atoms with Crippen LogP contribution in [0.3, 0.4) is 0 Å². The second kappa shape index (κ2) is 27.1. The monoisotopic (exact) mass is 525 g/mol. The Morgan fingerprint density at radius 3 is 0.767 bits per heavy atom. The Labute approximate surface area is 204 Å². The Morgan fingerprint density at radius 1 is 0.600 bits per heavy atom. The number of carbonyl (C=O) groups excluding carboxylic acids is 6. The van der Waals surface area contributed by atoms with Gasteiger partial charge < -0.3 is 33.9 Å². The standard InChI is InChI=1S/3C5H7O2.C5H8O2.2Zn/c3*1-4(6)3-5(2)7;1-4(2)3-5(6)7;;/h3*3H,1-2H3;1,3H2,2H3,(H,6,7);;/q3*-1;;;+2. The van der Waals surface area contributed by atoms with Crippen LogP contribution in [0.25, 0.3) is 0 Å². The van der Waals surface area contributed by atoms with Crippen molar-refractivity contribution >= 4 is 40.7 Å². The molecule has 0 aliphatic carbocycles. The van der Waals surface area contributed by atoms with Crippen LogP contribution in [0.1, 0.15) is 54.9 Å². The van der Waals surface area contributed by atoms with Crippen LogP contribution in [0.4, 0.5) is 0 Å². The molecular weight excluding hydrogens is 499 g/mol. The van der Waals surface area contributed by atoms with Gasteiger partial charge >= 0.3 is 25.4 Å². The minimum Gasteiger partial charge on any atom is -0.481 e. The molecule has 0 aromatic carbocycles. The van der Waals surface area contributed by atoms with Gasteiger partial charge in [0, 0.05) is 54.2 Å². The van der Waals surface area contributed by atoms with E-state index < -0.39 is 5.97 Å². The molecule has 0 aliphatic rings. The number of carbonyl (C=O) groups is 7. The number of hydrogen-bond donors (Lipinski definition) is 1. The van der Waals surface area contributed by atoms with Crippen LogP contribution in [-0.4, -0.2) is 45.8 Å². The summed E-state index contributed by atoms with van der Waals surface area (Å²) in [5.41, 5.74) is 0.688. The summed E-state index contributed by atoms with van der Waals surface area (Å²) in [5, 5.41) is 8.02. The zero-order chi connectivity index (χ0) is 23.4. The second-order valence-electron chi connectivity index (χ2n) is 5.62. The van der Waals surface area contributed by atoms with E-state index in [0.717, 1.165) is 19.3 Å². The smallest absolute Gasteiger partial charge is 0.481 e. The van der Waals surface area contributed by atoms with Crippen molar-refractivity contribution in [1.82, 2.24) is 0 Å². The SMILES string of the molecule is C=C(C)CC(=O)O.CC(=O)[CH-]C(C)=O.CC(=O)[CH-]C(C)=O.CC(=O)[CH-]C(C)=O.[Zn+2].[Zn]. The van der Waals surface area contributed by atoms with E-state index in [1.165, 1.54) is 41.5 Å². The number of aliphatic carboxylic acids is 1. The van der Waals surface area contributed by atoms with Crippen molar-refractivity contribution < 1.29 is 77.6 Å². The van der Waals surface area contributed by atoms with Crippen LogP contribution in [0.15, 0.2) is 12.2 Å². The van der Waals surface area contributed by atoms with Crippen LogP contribution in [0.5, 0.6) is 0 Å². The second-order valence-corrected chi connectivity index (χ2v) is 5.62. The van der Waals surface area contributed by atoms with Gasteiger partial charge in [-0.2, -0.15) is 0 Å². The number of carboxylic acid groups (broad SMARTS) is 1. The first-order chi connectivity index (χ1) is 12.5. The van der Waals surface area contributed by atoms with Crippen molar-refractivity contribution in [3.8, 4) is 0 Å². The minimum absolute atomic E-state index is 0. The summed E-state index contributed by atoms with van der Waals surface area (Å²) >= 11 is 0. The fourth-order valence-electron chi connectivity index (χ4n) is 1.12. The zero-order valence-corrected chi connectivity index (χ0v) is 24.8. The molecule has 162 valence electrons. The largest absolute Gasteiger partial charge is 2.00 e. The normalized spacial score (nSPS) is 7.30. The van der Waals surface area contributed by atoms with Crippen LogP contribution < -0.4 is 0 Å². The van der Waals surface area contributed by atoms with Gasteiger partial charge in [-0.05, 0) is 48.5 Å². The molecule has 0 bridgehead atoms. The summed E-state index contributed by atoms with van der Waals surface area (Å²) in [7, 11) is 0. The van der Waals surface area contributed by atoms with Crippen LogP contribution in [-0.2, 0) is 72.5 Å². The van der Waals surface area contributed by atoms with Gasteiger partial charge in [-0.3, -0.25) is 24.1 Å². The molecule has 0 amide bonds. The molecule has 0 atom stereocenters. The Bertz CT molecular complexity index is 444. The number of carboxylic acids is 1. The Balaban J connectivity index is -0.0000000626. The molecule has 8 nitrogen and oxygen atoms in total. The summed E-state index contributed by atoms with van der Waals surface area (Å²) < 4.78 is 0. The van der Waals surface area contributed by atoms with Gasteiger partial charge in [0.05, 0.1) is 6.42 Å². The van der Waals surface area contributed by atoms with Gasteiger partial charge in [0.1, 0.15) is 0 Å². The van der Waals surface area contributed by atoms with Crippen molar-refractivity contribution in [2.75, 3.05) is 0 Å². The van der Waals surface area contributed by atoms with Crippen molar-refractivity contribution in [3.05, 3.63) is 31.4 Å². The molecule has 0 radical (unpaired) electrons. The maximum atomic E-state index is 9.98. The Morgan fingerprint density at radius 2 is 0.767 bits per heavy atom. The number of ketones is 6. The average molecular weight is 528 g/mol. The van der Waals surface area contributed by atoms with Crippen LogP contribution in [0, 0.1) is 19.3 Å². The molecule has 0 aliphatic heterocycles. The zero-order valence-electron chi connectivity index (χ0n) is 18.9. The maximum Gasteiger partial charge on any atom is 2.00 e. The first-order valence-corrected chi connectivity index (χ1v) is 7.95. The molecule has 0 spiro atoms. The van der Waals surface area contributed by atoms with E-state index in [4.69, 9.17) is 5.11 Å². The quantitative estimate of drug-likeness (QED) is 0.219. The molecule has 0 fully saturated rings. The van der Waals surface area contributed by atoms with Crippen molar-refractivity contribution in [2.24, 2.45) is 0 Å².